The predicted molar refractivity (Wildman–Crippen MR) is 153 cm³/mol. The Morgan fingerprint density at radius 3 is 2.32 bits per heavy atom. The van der Waals surface area contributed by atoms with Crippen molar-refractivity contribution in [3.05, 3.63) is 58.6 Å². The zero-order valence-electron chi connectivity index (χ0n) is 25.0. The molecule has 0 aromatic rings. The van der Waals surface area contributed by atoms with E-state index in [1.54, 1.807) is 32.1 Å². The van der Waals surface area contributed by atoms with Gasteiger partial charge in [0.05, 0.1) is 26.4 Å². The Bertz CT molecular complexity index is 1180. The number of hydrogen-bond acceptors (Lipinski definition) is 9. The molecule has 0 unspecified atom stereocenters. The maximum atomic E-state index is 13.2. The summed E-state index contributed by atoms with van der Waals surface area (Å²) in [4.78, 5) is 42.2. The van der Waals surface area contributed by atoms with Crippen molar-refractivity contribution in [2.24, 2.45) is 22.6 Å². The number of hydrogen-bond donors (Lipinski definition) is 2. The highest BCUT2D eigenvalue weighted by Gasteiger charge is 2.33. The van der Waals surface area contributed by atoms with Crippen LogP contribution in [-0.4, -0.2) is 81.5 Å². The summed E-state index contributed by atoms with van der Waals surface area (Å²) in [6.45, 7) is 7.07. The minimum atomic E-state index is -0.988. The molecule has 11 nitrogen and oxygen atoms in total. The number of ether oxygens (including phenoxy) is 5. The zero-order chi connectivity index (χ0) is 30.9. The Labute approximate surface area is 241 Å². The van der Waals surface area contributed by atoms with Crippen LogP contribution < -0.4 is 5.73 Å². The highest BCUT2D eigenvalue weighted by molar-refractivity contribution is 6.25. The molecule has 0 saturated carbocycles. The Kier molecular flexibility index (Phi) is 12.7. The lowest BCUT2D eigenvalue weighted by Gasteiger charge is -2.30. The van der Waals surface area contributed by atoms with Crippen LogP contribution in [0.1, 0.15) is 40.5 Å². The van der Waals surface area contributed by atoms with Gasteiger partial charge in [-0.2, -0.15) is 0 Å². The van der Waals surface area contributed by atoms with Gasteiger partial charge in [-0.05, 0) is 38.2 Å². The van der Waals surface area contributed by atoms with Crippen molar-refractivity contribution in [1.29, 1.82) is 0 Å². The fourth-order valence-corrected chi connectivity index (χ4v) is 4.89. The number of carbonyl (C=O) groups is 3. The van der Waals surface area contributed by atoms with Crippen LogP contribution >= 0.6 is 0 Å². The molecular formula is C30H42N2O9. The lowest BCUT2D eigenvalue weighted by Crippen LogP contribution is -2.37. The summed E-state index contributed by atoms with van der Waals surface area (Å²) in [7, 11) is 5.74. The fraction of sp³-hybridized carbons (Fsp3) is 0.533. The molecular weight excluding hydrogens is 532 g/mol. The average Bonchev–Trinajstić information content (AvgIpc) is 2.93. The molecule has 0 aromatic heterocycles. The van der Waals surface area contributed by atoms with Gasteiger partial charge in [-0.1, -0.05) is 38.2 Å². The van der Waals surface area contributed by atoms with Crippen LogP contribution in [0, 0.1) is 11.8 Å². The van der Waals surface area contributed by atoms with Crippen molar-refractivity contribution < 1.29 is 43.2 Å². The third-order valence-corrected chi connectivity index (χ3v) is 7.10. The highest BCUT2D eigenvalue weighted by atomic mass is 16.6. The molecule has 0 radical (unpaired) electrons. The van der Waals surface area contributed by atoms with Gasteiger partial charge in [0.15, 0.2) is 17.6 Å². The van der Waals surface area contributed by atoms with E-state index in [0.717, 1.165) is 0 Å². The molecule has 2 amide bonds. The largest absolute Gasteiger partial charge is 0.494 e. The second kappa shape index (κ2) is 15.5. The maximum Gasteiger partial charge on any atom is 0.405 e. The number of primary amides is 1. The number of Topliss-reactive ketones (excluding diaryl/α,β-unsaturated/α-hetero) is 1. The second-order valence-electron chi connectivity index (χ2n) is 10.2. The molecule has 1 aliphatic heterocycles. The first-order valence-corrected chi connectivity index (χ1v) is 13.3. The van der Waals surface area contributed by atoms with E-state index in [2.05, 4.69) is 4.99 Å². The Morgan fingerprint density at radius 1 is 1.07 bits per heavy atom. The van der Waals surface area contributed by atoms with Gasteiger partial charge in [-0.3, -0.25) is 9.59 Å². The van der Waals surface area contributed by atoms with Gasteiger partial charge in [0, 0.05) is 37.4 Å². The summed E-state index contributed by atoms with van der Waals surface area (Å²) >= 11 is 0. The van der Waals surface area contributed by atoms with Crippen molar-refractivity contribution in [2.45, 2.75) is 65.0 Å². The van der Waals surface area contributed by atoms with Gasteiger partial charge in [0.25, 0.3) is 5.91 Å². The molecule has 0 saturated heterocycles. The normalized spacial score (nSPS) is 32.1. The van der Waals surface area contributed by atoms with Gasteiger partial charge < -0.3 is 34.5 Å². The van der Waals surface area contributed by atoms with E-state index in [-0.39, 0.29) is 40.9 Å². The highest BCUT2D eigenvalue weighted by Crippen LogP contribution is 2.30. The van der Waals surface area contributed by atoms with E-state index < -0.39 is 42.3 Å². The van der Waals surface area contributed by atoms with Crippen LogP contribution in [0.3, 0.4) is 0 Å². The van der Waals surface area contributed by atoms with Crippen LogP contribution in [0.2, 0.25) is 0 Å². The number of rotatable bonds is 5. The number of aliphatic hydroxyl groups excluding tert-OH is 1. The van der Waals surface area contributed by atoms with E-state index >= 15 is 0 Å². The predicted octanol–water partition coefficient (Wildman–Crippen LogP) is 3.34. The first-order valence-electron chi connectivity index (χ1n) is 13.3. The number of nitrogens with zero attached hydrogens (tertiary/aromatic N) is 1. The summed E-state index contributed by atoms with van der Waals surface area (Å²) in [6.07, 6.45) is 4.38. The number of fused-ring (bicyclic) bond motifs is 1. The number of aliphatic imine (C=N–C) groups is 1. The molecule has 1 heterocycles. The van der Waals surface area contributed by atoms with Crippen LogP contribution in [0.25, 0.3) is 0 Å². The van der Waals surface area contributed by atoms with Crippen molar-refractivity contribution >= 4 is 23.5 Å². The SMILES string of the molecule is COC1=CC2=NC(=O)/C(C)=C\C=C\[C@H](OC)[C@@H](OC(N)=O)/C(C)=C/[C@H](C)[C@@H](O)[C@@H](OC)C[C@H](C)CC(=C2OC)C1=O. The van der Waals surface area contributed by atoms with Crippen LogP contribution in [0.4, 0.5) is 4.79 Å². The van der Waals surface area contributed by atoms with E-state index in [4.69, 9.17) is 29.4 Å². The average molecular weight is 575 g/mol. The molecule has 226 valence electrons. The fourth-order valence-electron chi connectivity index (χ4n) is 4.89. The maximum absolute atomic E-state index is 13.2. The third-order valence-electron chi connectivity index (χ3n) is 7.10. The Hall–Kier alpha value is -3.54. The summed E-state index contributed by atoms with van der Waals surface area (Å²) in [5, 5.41) is 11.2. The quantitative estimate of drug-likeness (QED) is 0.371. The summed E-state index contributed by atoms with van der Waals surface area (Å²) in [6, 6.07) is 0. The standard InChI is InChI=1S/C30H42N2O9/c1-16-12-20-26(34)24(39-7)15-21(28(20)40-8)32-29(35)17(2)10-9-11-22(37-5)27(41-30(31)36)19(4)14-18(3)25(33)23(13-16)38-6/h9-11,14-16,18,22-23,25,27,33H,12-13H2,1-8H3,(H2,31,36)/b11-9+,17-10-,19-14+,32-21?/t16-,18+,22+,23+,25-,27+/m1/s1. The number of carbonyl (C=O) groups excluding carboxylic acids is 3. The van der Waals surface area contributed by atoms with Gasteiger partial charge in [0.1, 0.15) is 11.8 Å². The molecule has 1 aliphatic carbocycles. The molecule has 3 N–H and O–H groups in total. The molecule has 0 spiro atoms. The van der Waals surface area contributed by atoms with Gasteiger partial charge in [-0.25, -0.2) is 9.79 Å². The minimum Gasteiger partial charge on any atom is -0.494 e. The number of aliphatic hydroxyl groups is 1. The summed E-state index contributed by atoms with van der Waals surface area (Å²) in [5.74, 6) is -1.27. The lowest BCUT2D eigenvalue weighted by molar-refractivity contribution is -0.116. The van der Waals surface area contributed by atoms with Gasteiger partial charge in [0.2, 0.25) is 5.78 Å². The van der Waals surface area contributed by atoms with Crippen molar-refractivity contribution in [3.8, 4) is 0 Å². The molecule has 2 rings (SSSR count). The molecule has 41 heavy (non-hydrogen) atoms. The molecule has 2 aliphatic rings. The number of amides is 2. The van der Waals surface area contributed by atoms with E-state index in [9.17, 15) is 19.5 Å². The number of methoxy groups -OCH3 is 4. The Morgan fingerprint density at radius 2 is 1.76 bits per heavy atom. The van der Waals surface area contributed by atoms with Crippen LogP contribution in [0.5, 0.6) is 0 Å². The smallest absolute Gasteiger partial charge is 0.405 e. The molecule has 6 atom stereocenters. The third kappa shape index (κ3) is 8.72. The zero-order valence-corrected chi connectivity index (χ0v) is 25.0. The topological polar surface area (TPSA) is 156 Å². The first-order chi connectivity index (χ1) is 19.4. The first kappa shape index (κ1) is 33.7. The monoisotopic (exact) mass is 574 g/mol. The lowest BCUT2D eigenvalue weighted by atomic mass is 9.85. The number of nitrogens with two attached hydrogens (primary N) is 1. The number of ketones is 1. The molecule has 0 fully saturated rings. The van der Waals surface area contributed by atoms with Crippen LogP contribution in [0.15, 0.2) is 63.6 Å². The molecule has 0 aromatic carbocycles. The summed E-state index contributed by atoms with van der Waals surface area (Å²) < 4.78 is 27.5. The van der Waals surface area contributed by atoms with Gasteiger partial charge >= 0.3 is 6.09 Å². The van der Waals surface area contributed by atoms with Crippen molar-refractivity contribution in [1.82, 2.24) is 0 Å². The van der Waals surface area contributed by atoms with Crippen LogP contribution in [-0.2, 0) is 33.3 Å². The molecule has 2 bridgehead atoms. The van der Waals surface area contributed by atoms with E-state index in [1.165, 1.54) is 40.6 Å². The second-order valence-corrected chi connectivity index (χ2v) is 10.2. The molecule has 11 heteroatoms. The van der Waals surface area contributed by atoms with E-state index in [0.29, 0.717) is 17.6 Å². The van der Waals surface area contributed by atoms with Crippen molar-refractivity contribution in [3.63, 3.8) is 0 Å². The van der Waals surface area contributed by atoms with E-state index in [1.807, 2.05) is 13.8 Å². The van der Waals surface area contributed by atoms with Crippen molar-refractivity contribution in [2.75, 3.05) is 28.4 Å². The minimum absolute atomic E-state index is 0.0351. The van der Waals surface area contributed by atoms with Gasteiger partial charge in [-0.15, -0.1) is 0 Å². The summed E-state index contributed by atoms with van der Waals surface area (Å²) in [5.41, 5.74) is 6.70. The Balaban J connectivity index is 2.71. The number of allylic oxidation sites excluding steroid dienone is 4.